The van der Waals surface area contributed by atoms with Gasteiger partial charge < -0.3 is 5.32 Å². The molecule has 0 unspecified atom stereocenters. The number of anilines is 1. The zero-order chi connectivity index (χ0) is 20.1. The van der Waals surface area contributed by atoms with Gasteiger partial charge in [0.05, 0.1) is 22.3 Å². The number of nitrogens with one attached hydrogen (secondary N) is 1. The van der Waals surface area contributed by atoms with Crippen molar-refractivity contribution in [3.05, 3.63) is 62.8 Å². The lowest BCUT2D eigenvalue weighted by Crippen LogP contribution is -2.36. The molecule has 2 aromatic carbocycles. The van der Waals surface area contributed by atoms with Crippen LogP contribution in [0.5, 0.6) is 0 Å². The number of carbonyl (C=O) groups is 1. The highest BCUT2D eigenvalue weighted by molar-refractivity contribution is 6.42. The summed E-state index contributed by atoms with van der Waals surface area (Å²) < 4.78 is 13.9. The first-order valence-corrected chi connectivity index (χ1v) is 10.2. The summed E-state index contributed by atoms with van der Waals surface area (Å²) in [4.78, 5) is 16.7. The molecular weight excluding hydrogens is 424 g/mol. The van der Waals surface area contributed by atoms with Crippen molar-refractivity contribution in [1.29, 1.82) is 0 Å². The second-order valence-corrected chi connectivity index (χ2v) is 8.04. The van der Waals surface area contributed by atoms with Crippen molar-refractivity contribution in [2.45, 2.75) is 13.0 Å². The van der Waals surface area contributed by atoms with E-state index in [9.17, 15) is 9.18 Å². The zero-order valence-electron chi connectivity index (χ0n) is 15.2. The molecule has 4 nitrogen and oxygen atoms in total. The summed E-state index contributed by atoms with van der Waals surface area (Å²) in [6.07, 6.45) is 0.907. The fourth-order valence-electron chi connectivity index (χ4n) is 3.25. The van der Waals surface area contributed by atoms with Crippen molar-refractivity contribution in [1.82, 2.24) is 9.80 Å². The molecule has 150 valence electrons. The van der Waals surface area contributed by atoms with Crippen LogP contribution in [-0.2, 0) is 11.3 Å². The quantitative estimate of drug-likeness (QED) is 0.710. The van der Waals surface area contributed by atoms with Crippen LogP contribution in [0.25, 0.3) is 0 Å². The van der Waals surface area contributed by atoms with Crippen LogP contribution in [0.1, 0.15) is 12.0 Å². The molecule has 0 saturated carbocycles. The molecule has 1 amide bonds. The molecular formula is C20H21Cl3FN3O. The molecule has 1 saturated heterocycles. The Morgan fingerprint density at radius 1 is 1.00 bits per heavy atom. The molecule has 1 heterocycles. The van der Waals surface area contributed by atoms with Crippen molar-refractivity contribution in [2.24, 2.45) is 0 Å². The Kier molecular flexibility index (Phi) is 7.55. The van der Waals surface area contributed by atoms with Crippen LogP contribution in [0.4, 0.5) is 10.1 Å². The van der Waals surface area contributed by atoms with Crippen LogP contribution >= 0.6 is 34.8 Å². The van der Waals surface area contributed by atoms with Gasteiger partial charge in [-0.15, -0.1) is 0 Å². The van der Waals surface area contributed by atoms with Crippen molar-refractivity contribution in [3.63, 3.8) is 0 Å². The van der Waals surface area contributed by atoms with E-state index < -0.39 is 0 Å². The molecule has 0 aromatic heterocycles. The first-order valence-electron chi connectivity index (χ1n) is 9.05. The van der Waals surface area contributed by atoms with Gasteiger partial charge in [-0.25, -0.2) is 4.39 Å². The van der Waals surface area contributed by atoms with Crippen LogP contribution in [0.15, 0.2) is 36.4 Å². The highest BCUT2D eigenvalue weighted by Gasteiger charge is 2.19. The van der Waals surface area contributed by atoms with Crippen LogP contribution in [-0.4, -0.2) is 48.4 Å². The Morgan fingerprint density at radius 3 is 2.36 bits per heavy atom. The lowest BCUT2D eigenvalue weighted by atomic mass is 10.2. The highest BCUT2D eigenvalue weighted by Crippen LogP contribution is 2.33. The third kappa shape index (κ3) is 5.82. The summed E-state index contributed by atoms with van der Waals surface area (Å²) in [7, 11) is 0. The summed E-state index contributed by atoms with van der Waals surface area (Å²) in [5, 5.41) is 3.79. The second-order valence-electron chi connectivity index (χ2n) is 6.79. The Hall–Kier alpha value is -1.37. The van der Waals surface area contributed by atoms with Gasteiger partial charge in [-0.3, -0.25) is 14.6 Å². The molecule has 0 atom stereocenters. The number of hydrogen-bond donors (Lipinski definition) is 1. The molecule has 0 spiro atoms. The monoisotopic (exact) mass is 443 g/mol. The third-order valence-corrected chi connectivity index (χ3v) is 5.49. The van der Waals surface area contributed by atoms with E-state index in [1.165, 1.54) is 18.2 Å². The molecule has 0 aliphatic carbocycles. The first kappa shape index (κ1) is 21.3. The molecule has 8 heteroatoms. The van der Waals surface area contributed by atoms with Gasteiger partial charge in [0.2, 0.25) is 5.91 Å². The van der Waals surface area contributed by atoms with Crippen LogP contribution in [0.2, 0.25) is 15.1 Å². The van der Waals surface area contributed by atoms with Crippen molar-refractivity contribution >= 4 is 46.4 Å². The third-order valence-electron chi connectivity index (χ3n) is 4.67. The van der Waals surface area contributed by atoms with Gasteiger partial charge in [-0.2, -0.15) is 0 Å². The smallest absolute Gasteiger partial charge is 0.238 e. The van der Waals surface area contributed by atoms with E-state index in [4.69, 9.17) is 34.8 Å². The van der Waals surface area contributed by atoms with E-state index in [-0.39, 0.29) is 18.3 Å². The SMILES string of the molecule is O=C(CN1CCCN(Cc2ccccc2F)CC1)Nc1c(Cl)cc(Cl)cc1Cl. The number of nitrogens with zero attached hydrogens (tertiary/aromatic N) is 2. The predicted octanol–water partition coefficient (Wildman–Crippen LogP) is 4.93. The van der Waals surface area contributed by atoms with E-state index in [2.05, 4.69) is 15.1 Å². The summed E-state index contributed by atoms with van der Waals surface area (Å²) in [6.45, 7) is 3.96. The molecule has 2 aromatic rings. The minimum atomic E-state index is -0.186. The summed E-state index contributed by atoms with van der Waals surface area (Å²) in [6, 6.07) is 9.91. The van der Waals surface area contributed by atoms with Crippen molar-refractivity contribution in [3.8, 4) is 0 Å². The topological polar surface area (TPSA) is 35.6 Å². The van der Waals surface area contributed by atoms with Crippen LogP contribution in [0.3, 0.4) is 0 Å². The predicted molar refractivity (Wildman–Crippen MR) is 113 cm³/mol. The number of amides is 1. The number of rotatable bonds is 5. The zero-order valence-corrected chi connectivity index (χ0v) is 17.5. The van der Waals surface area contributed by atoms with Crippen LogP contribution < -0.4 is 5.32 Å². The average Bonchev–Trinajstić information content (AvgIpc) is 2.85. The van der Waals surface area contributed by atoms with Gasteiger partial charge in [0, 0.05) is 30.2 Å². The summed E-state index contributed by atoms with van der Waals surface area (Å²) in [5.74, 6) is -0.367. The van der Waals surface area contributed by atoms with E-state index in [1.54, 1.807) is 6.07 Å². The minimum Gasteiger partial charge on any atom is -0.322 e. The molecule has 28 heavy (non-hydrogen) atoms. The van der Waals surface area contributed by atoms with E-state index >= 15 is 0 Å². The Balaban J connectivity index is 1.53. The first-order chi connectivity index (χ1) is 13.4. The maximum Gasteiger partial charge on any atom is 0.238 e. The molecule has 0 radical (unpaired) electrons. The molecule has 1 N–H and O–H groups in total. The number of carbonyl (C=O) groups excluding carboxylic acids is 1. The summed E-state index contributed by atoms with van der Waals surface area (Å²) >= 11 is 18.1. The molecule has 0 bridgehead atoms. The Bertz CT molecular complexity index is 826. The van der Waals surface area contributed by atoms with Gasteiger partial charge in [-0.05, 0) is 37.7 Å². The van der Waals surface area contributed by atoms with Gasteiger partial charge in [0.15, 0.2) is 0 Å². The maximum atomic E-state index is 13.9. The summed E-state index contributed by atoms with van der Waals surface area (Å²) in [5.41, 5.74) is 1.06. The molecule has 3 rings (SSSR count). The lowest BCUT2D eigenvalue weighted by Gasteiger charge is -2.22. The Morgan fingerprint density at radius 2 is 1.64 bits per heavy atom. The maximum absolute atomic E-state index is 13.9. The fourth-order valence-corrected chi connectivity index (χ4v) is 4.16. The lowest BCUT2D eigenvalue weighted by molar-refractivity contribution is -0.117. The average molecular weight is 445 g/mol. The highest BCUT2D eigenvalue weighted by atomic mass is 35.5. The molecule has 1 aliphatic rings. The van der Waals surface area contributed by atoms with Crippen molar-refractivity contribution < 1.29 is 9.18 Å². The Labute approximate surface area is 179 Å². The van der Waals surface area contributed by atoms with Gasteiger partial charge in [0.1, 0.15) is 5.82 Å². The largest absolute Gasteiger partial charge is 0.322 e. The second kappa shape index (κ2) is 9.90. The van der Waals surface area contributed by atoms with Crippen LogP contribution in [0, 0.1) is 5.82 Å². The van der Waals surface area contributed by atoms with Crippen molar-refractivity contribution in [2.75, 3.05) is 38.0 Å². The number of hydrogen-bond acceptors (Lipinski definition) is 3. The molecule has 1 aliphatic heterocycles. The standard InChI is InChI=1S/C20H21Cl3FN3O/c21-15-10-16(22)20(17(23)11-15)25-19(28)13-27-7-3-6-26(8-9-27)12-14-4-1-2-5-18(14)24/h1-2,4-5,10-11H,3,6-9,12-13H2,(H,25,28). The normalized spacial score (nSPS) is 16.0. The fraction of sp³-hybridized carbons (Fsp3) is 0.350. The van der Waals surface area contributed by atoms with Gasteiger partial charge >= 0.3 is 0 Å². The van der Waals surface area contributed by atoms with Gasteiger partial charge in [0.25, 0.3) is 0 Å². The van der Waals surface area contributed by atoms with E-state index in [1.807, 2.05) is 12.1 Å². The number of benzene rings is 2. The van der Waals surface area contributed by atoms with E-state index in [0.717, 1.165) is 32.6 Å². The van der Waals surface area contributed by atoms with E-state index in [0.29, 0.717) is 32.9 Å². The van der Waals surface area contributed by atoms with Gasteiger partial charge in [-0.1, -0.05) is 53.0 Å². The minimum absolute atomic E-state index is 0.181. The number of halogens is 4. The molecule has 1 fully saturated rings.